The predicted molar refractivity (Wildman–Crippen MR) is 88.5 cm³/mol. The van der Waals surface area contributed by atoms with Crippen molar-refractivity contribution in [1.82, 2.24) is 19.8 Å². The number of benzene rings is 1. The van der Waals surface area contributed by atoms with E-state index in [1.165, 1.54) is 7.05 Å². The second-order valence-electron chi connectivity index (χ2n) is 5.74. The number of nitrogens with zero attached hydrogens (tertiary/aromatic N) is 2. The summed E-state index contributed by atoms with van der Waals surface area (Å²) in [6.45, 7) is 5.42. The molecule has 0 aliphatic rings. The van der Waals surface area contributed by atoms with E-state index in [2.05, 4.69) is 15.5 Å². The molecule has 7 nitrogen and oxygen atoms in total. The zero-order valence-electron chi connectivity index (χ0n) is 13.8. The highest BCUT2D eigenvalue weighted by molar-refractivity contribution is 7.89. The van der Waals surface area contributed by atoms with Crippen LogP contribution >= 0.6 is 0 Å². The highest BCUT2D eigenvalue weighted by atomic mass is 32.2. The van der Waals surface area contributed by atoms with Gasteiger partial charge in [0.1, 0.15) is 4.90 Å². The van der Waals surface area contributed by atoms with Crippen LogP contribution in [0.15, 0.2) is 23.2 Å². The molecule has 1 unspecified atom stereocenters. The quantitative estimate of drug-likeness (QED) is 0.832. The van der Waals surface area contributed by atoms with Crippen LogP contribution in [0.5, 0.6) is 0 Å². The standard InChI is InChI=1S/C15H22N4O3S/c1-5-11(3)17-14(20)9-19(4)23(21,22)13-7-10(2)6-12-8-16-18-15(12)13/h6-8,11H,5,9H2,1-4H3,(H,16,18)(H,17,20). The van der Waals surface area contributed by atoms with Gasteiger partial charge in [-0.2, -0.15) is 9.40 Å². The molecule has 23 heavy (non-hydrogen) atoms. The third-order valence-corrected chi connectivity index (χ3v) is 5.56. The van der Waals surface area contributed by atoms with E-state index >= 15 is 0 Å². The van der Waals surface area contributed by atoms with Gasteiger partial charge >= 0.3 is 0 Å². The van der Waals surface area contributed by atoms with Gasteiger partial charge in [-0.05, 0) is 38.0 Å². The molecule has 2 rings (SSSR count). The Morgan fingerprint density at radius 2 is 2.13 bits per heavy atom. The van der Waals surface area contributed by atoms with E-state index in [1.54, 1.807) is 12.3 Å². The fourth-order valence-corrected chi connectivity index (χ4v) is 3.63. The summed E-state index contributed by atoms with van der Waals surface area (Å²) in [7, 11) is -2.40. The Hall–Kier alpha value is -1.93. The van der Waals surface area contributed by atoms with Crippen LogP contribution in [0, 0.1) is 6.92 Å². The fraction of sp³-hybridized carbons (Fsp3) is 0.467. The first kappa shape index (κ1) is 17.4. The SMILES string of the molecule is CCC(C)NC(=O)CN(C)S(=O)(=O)c1cc(C)cc2cn[nH]c12. The molecule has 0 saturated carbocycles. The van der Waals surface area contributed by atoms with Gasteiger partial charge in [0.2, 0.25) is 15.9 Å². The molecule has 0 radical (unpaired) electrons. The summed E-state index contributed by atoms with van der Waals surface area (Å²) in [6.07, 6.45) is 2.37. The average molecular weight is 338 g/mol. The lowest BCUT2D eigenvalue weighted by Gasteiger charge is -2.19. The van der Waals surface area contributed by atoms with Crippen molar-refractivity contribution in [2.45, 2.75) is 38.1 Å². The van der Waals surface area contributed by atoms with Crippen LogP contribution in [0.2, 0.25) is 0 Å². The molecule has 1 atom stereocenters. The molecular weight excluding hydrogens is 316 g/mol. The molecule has 0 spiro atoms. The van der Waals surface area contributed by atoms with Crippen LogP contribution in [0.1, 0.15) is 25.8 Å². The van der Waals surface area contributed by atoms with E-state index in [4.69, 9.17) is 0 Å². The fourth-order valence-electron chi connectivity index (χ4n) is 2.25. The Kier molecular flexibility index (Phi) is 5.06. The molecule has 8 heteroatoms. The normalized spacial score (nSPS) is 13.4. The second kappa shape index (κ2) is 6.67. The van der Waals surface area contributed by atoms with Gasteiger partial charge < -0.3 is 5.32 Å². The first-order valence-electron chi connectivity index (χ1n) is 7.45. The van der Waals surface area contributed by atoms with E-state index in [1.807, 2.05) is 26.8 Å². The molecule has 0 fully saturated rings. The summed E-state index contributed by atoms with van der Waals surface area (Å²) in [5.41, 5.74) is 1.26. The minimum absolute atomic E-state index is 0.0110. The number of rotatable bonds is 6. The molecule has 1 aromatic heterocycles. The maximum atomic E-state index is 12.8. The molecule has 126 valence electrons. The number of likely N-dealkylation sites (N-methyl/N-ethyl adjacent to an activating group) is 1. The van der Waals surface area contributed by atoms with Crippen LogP contribution in [-0.2, 0) is 14.8 Å². The Morgan fingerprint density at radius 1 is 1.43 bits per heavy atom. The van der Waals surface area contributed by atoms with Gasteiger partial charge in [0.25, 0.3) is 0 Å². The van der Waals surface area contributed by atoms with Crippen molar-refractivity contribution in [3.63, 3.8) is 0 Å². The van der Waals surface area contributed by atoms with Crippen molar-refractivity contribution in [3.8, 4) is 0 Å². The molecule has 0 aliphatic heterocycles. The summed E-state index contributed by atoms with van der Waals surface area (Å²) in [4.78, 5) is 12.1. The van der Waals surface area contributed by atoms with E-state index in [9.17, 15) is 13.2 Å². The zero-order valence-corrected chi connectivity index (χ0v) is 14.6. The lowest BCUT2D eigenvalue weighted by Crippen LogP contribution is -2.41. The lowest BCUT2D eigenvalue weighted by atomic mass is 10.2. The number of fused-ring (bicyclic) bond motifs is 1. The van der Waals surface area contributed by atoms with Crippen molar-refractivity contribution < 1.29 is 13.2 Å². The molecule has 1 amide bonds. The van der Waals surface area contributed by atoms with E-state index < -0.39 is 10.0 Å². The minimum atomic E-state index is -3.79. The first-order chi connectivity index (χ1) is 10.8. The second-order valence-corrected chi connectivity index (χ2v) is 7.75. The topological polar surface area (TPSA) is 95.2 Å². The Labute approximate surface area is 136 Å². The molecule has 2 N–H and O–H groups in total. The third-order valence-electron chi connectivity index (χ3n) is 3.73. The summed E-state index contributed by atoms with van der Waals surface area (Å²) in [5.74, 6) is -0.320. The highest BCUT2D eigenvalue weighted by Crippen LogP contribution is 2.25. The largest absolute Gasteiger partial charge is 0.353 e. The number of aryl methyl sites for hydroxylation is 1. The Balaban J connectivity index is 2.29. The molecule has 0 aliphatic carbocycles. The highest BCUT2D eigenvalue weighted by Gasteiger charge is 2.26. The maximum absolute atomic E-state index is 12.8. The van der Waals surface area contributed by atoms with Crippen LogP contribution in [0.25, 0.3) is 10.9 Å². The van der Waals surface area contributed by atoms with E-state index in [-0.39, 0.29) is 23.4 Å². The number of hydrogen-bond donors (Lipinski definition) is 2. The molecule has 0 saturated heterocycles. The van der Waals surface area contributed by atoms with E-state index in [0.29, 0.717) is 5.52 Å². The van der Waals surface area contributed by atoms with Crippen molar-refractivity contribution in [1.29, 1.82) is 0 Å². The van der Waals surface area contributed by atoms with Crippen LogP contribution in [0.4, 0.5) is 0 Å². The van der Waals surface area contributed by atoms with Gasteiger partial charge in [0.05, 0.1) is 18.3 Å². The number of nitrogens with one attached hydrogen (secondary N) is 2. The number of aromatic nitrogens is 2. The van der Waals surface area contributed by atoms with Gasteiger partial charge in [-0.25, -0.2) is 8.42 Å². The van der Waals surface area contributed by atoms with Crippen molar-refractivity contribution in [2.75, 3.05) is 13.6 Å². The summed E-state index contributed by atoms with van der Waals surface area (Å²) >= 11 is 0. The number of hydrogen-bond acceptors (Lipinski definition) is 4. The first-order valence-corrected chi connectivity index (χ1v) is 8.89. The maximum Gasteiger partial charge on any atom is 0.245 e. The van der Waals surface area contributed by atoms with Crippen molar-refractivity contribution >= 4 is 26.8 Å². The molecule has 0 bridgehead atoms. The van der Waals surface area contributed by atoms with E-state index in [0.717, 1.165) is 21.7 Å². The van der Waals surface area contributed by atoms with Gasteiger partial charge in [-0.15, -0.1) is 0 Å². The summed E-state index contributed by atoms with van der Waals surface area (Å²) in [5, 5.41) is 10.1. The number of H-pyrrole nitrogens is 1. The third kappa shape index (κ3) is 3.70. The average Bonchev–Trinajstić information content (AvgIpc) is 2.93. The monoisotopic (exact) mass is 338 g/mol. The molecular formula is C15H22N4O3S. The van der Waals surface area contributed by atoms with Crippen LogP contribution in [0.3, 0.4) is 0 Å². The molecule has 1 aromatic carbocycles. The van der Waals surface area contributed by atoms with Crippen LogP contribution in [-0.4, -0.2) is 48.5 Å². The predicted octanol–water partition coefficient (Wildman–Crippen LogP) is 1.41. The molecule has 2 aromatic rings. The number of carbonyl (C=O) groups is 1. The molecule has 1 heterocycles. The van der Waals surface area contributed by atoms with Crippen LogP contribution < -0.4 is 5.32 Å². The number of aromatic amines is 1. The number of amides is 1. The minimum Gasteiger partial charge on any atom is -0.353 e. The summed E-state index contributed by atoms with van der Waals surface area (Å²) < 4.78 is 26.6. The Morgan fingerprint density at radius 3 is 2.78 bits per heavy atom. The number of sulfonamides is 1. The number of carbonyl (C=O) groups excluding carboxylic acids is 1. The van der Waals surface area contributed by atoms with Gasteiger partial charge in [-0.1, -0.05) is 6.92 Å². The van der Waals surface area contributed by atoms with Gasteiger partial charge in [-0.3, -0.25) is 9.89 Å². The smallest absolute Gasteiger partial charge is 0.245 e. The van der Waals surface area contributed by atoms with Gasteiger partial charge in [0.15, 0.2) is 0 Å². The van der Waals surface area contributed by atoms with Gasteiger partial charge in [0, 0.05) is 18.5 Å². The summed E-state index contributed by atoms with van der Waals surface area (Å²) in [6, 6.07) is 3.45. The van der Waals surface area contributed by atoms with Crippen molar-refractivity contribution in [3.05, 3.63) is 23.9 Å². The Bertz CT molecular complexity index is 813. The van der Waals surface area contributed by atoms with Crippen molar-refractivity contribution in [2.24, 2.45) is 0 Å². The zero-order chi connectivity index (χ0) is 17.2. The lowest BCUT2D eigenvalue weighted by molar-refractivity contribution is -0.121.